The van der Waals surface area contributed by atoms with Crippen LogP contribution in [0.25, 0.3) is 77.5 Å². The van der Waals surface area contributed by atoms with Crippen molar-refractivity contribution in [1.82, 2.24) is 0 Å². The van der Waals surface area contributed by atoms with E-state index < -0.39 is 24.2 Å². The van der Waals surface area contributed by atoms with Crippen LogP contribution in [0.15, 0.2) is 249 Å². The Bertz CT molecular complexity index is 3360. The second-order valence-corrected chi connectivity index (χ2v) is 14.3. The second kappa shape index (κ2) is 16.0. The third-order valence-corrected chi connectivity index (χ3v) is 10.6. The molecule has 0 saturated carbocycles. The Labute approximate surface area is 358 Å². The molecule has 0 aliphatic rings. The molecule has 1 heteroatoms. The summed E-state index contributed by atoms with van der Waals surface area (Å²) in [5.74, 6) is 0. The molecule has 59 heavy (non-hydrogen) atoms. The molecule has 0 spiro atoms. The van der Waals surface area contributed by atoms with Crippen molar-refractivity contribution in [2.75, 3.05) is 4.90 Å². The Morgan fingerprint density at radius 1 is 0.271 bits per heavy atom. The van der Waals surface area contributed by atoms with E-state index in [0.717, 1.165) is 55.3 Å². The quantitative estimate of drug-likeness (QED) is 0.142. The summed E-state index contributed by atoms with van der Waals surface area (Å²) in [6, 6.07) is 61.2. The van der Waals surface area contributed by atoms with E-state index in [1.807, 2.05) is 127 Å². The van der Waals surface area contributed by atoms with Gasteiger partial charge in [-0.05, 0) is 132 Å². The molecule has 278 valence electrons. The van der Waals surface area contributed by atoms with E-state index in [-0.39, 0.29) is 46.7 Å². The molecule has 0 fully saturated rings. The molecule has 1 nitrogen and oxygen atoms in total. The Balaban J connectivity index is 1.20. The van der Waals surface area contributed by atoms with Gasteiger partial charge in [0, 0.05) is 17.1 Å². The highest BCUT2D eigenvalue weighted by Crippen LogP contribution is 2.42. The maximum Gasteiger partial charge on any atom is 0.0645 e. The molecule has 0 N–H and O–H groups in total. The minimum Gasteiger partial charge on any atom is -0.311 e. The summed E-state index contributed by atoms with van der Waals surface area (Å²) in [5.41, 5.74) is 8.52. The smallest absolute Gasteiger partial charge is 0.0645 e. The predicted octanol–water partition coefficient (Wildman–Crippen LogP) is 16.3. The molecule has 0 aromatic heterocycles. The normalized spacial score (nSPS) is 12.9. The van der Waals surface area contributed by atoms with Crippen LogP contribution >= 0.6 is 0 Å². The molecule has 0 aliphatic carbocycles. The summed E-state index contributed by atoms with van der Waals surface area (Å²) in [7, 11) is 0. The summed E-state index contributed by atoms with van der Waals surface area (Å²) >= 11 is 0. The summed E-state index contributed by atoms with van der Waals surface area (Å²) < 4.78 is 76.4. The van der Waals surface area contributed by atoms with Crippen LogP contribution in [0.1, 0.15) is 11.0 Å². The van der Waals surface area contributed by atoms with Crippen LogP contribution in [0.3, 0.4) is 0 Å². The topological polar surface area (TPSA) is 3.24 Å². The molecular formula is C58H41N. The molecule has 0 bridgehead atoms. The Morgan fingerprint density at radius 3 is 1.19 bits per heavy atom. The lowest BCUT2D eigenvalue weighted by Crippen LogP contribution is -2.09. The van der Waals surface area contributed by atoms with Gasteiger partial charge in [0.25, 0.3) is 0 Å². The van der Waals surface area contributed by atoms with Crippen LogP contribution in [0.4, 0.5) is 17.1 Å². The van der Waals surface area contributed by atoms with Crippen molar-refractivity contribution in [2.24, 2.45) is 0 Å². The van der Waals surface area contributed by atoms with Gasteiger partial charge in [-0.15, -0.1) is 0 Å². The highest BCUT2D eigenvalue weighted by molar-refractivity contribution is 6.04. The van der Waals surface area contributed by atoms with E-state index in [2.05, 4.69) is 36.4 Å². The minimum absolute atomic E-state index is 0.0905. The van der Waals surface area contributed by atoms with Gasteiger partial charge in [-0.2, -0.15) is 0 Å². The number of hydrogen-bond acceptors (Lipinski definition) is 1. The molecule has 0 atom stereocenters. The van der Waals surface area contributed by atoms with Gasteiger partial charge in [0.05, 0.1) is 11.0 Å². The predicted molar refractivity (Wildman–Crippen MR) is 251 cm³/mol. The maximum absolute atomic E-state index is 9.74. The molecule has 0 radical (unpaired) electrons. The summed E-state index contributed by atoms with van der Waals surface area (Å²) in [5, 5.41) is 2.16. The van der Waals surface area contributed by atoms with Gasteiger partial charge < -0.3 is 4.90 Å². The molecule has 10 aromatic carbocycles. The van der Waals surface area contributed by atoms with Crippen LogP contribution in [0.5, 0.6) is 0 Å². The molecule has 0 heterocycles. The Hall–Kier alpha value is -7.74. The van der Waals surface area contributed by atoms with Crippen LogP contribution in [-0.4, -0.2) is 0 Å². The van der Waals surface area contributed by atoms with E-state index in [0.29, 0.717) is 16.8 Å². The zero-order valence-corrected chi connectivity index (χ0v) is 32.0. The monoisotopic (exact) mass is 759 g/mol. The van der Waals surface area contributed by atoms with Gasteiger partial charge in [0.1, 0.15) is 0 Å². The first-order valence-corrected chi connectivity index (χ1v) is 19.6. The van der Waals surface area contributed by atoms with E-state index in [1.54, 1.807) is 36.4 Å². The first-order chi connectivity index (χ1) is 32.6. The number of anilines is 3. The van der Waals surface area contributed by atoms with Crippen LogP contribution in [0, 0.1) is 0 Å². The van der Waals surface area contributed by atoms with Gasteiger partial charge >= 0.3 is 0 Å². The number of hydrogen-bond donors (Lipinski definition) is 0. The van der Waals surface area contributed by atoms with E-state index >= 15 is 0 Å². The number of rotatable bonds is 9. The lowest BCUT2D eigenvalue weighted by atomic mass is 9.90. The average Bonchev–Trinajstić information content (AvgIpc) is 3.38. The molecule has 0 aliphatic heterocycles. The van der Waals surface area contributed by atoms with Crippen molar-refractivity contribution in [3.8, 4) is 66.8 Å². The summed E-state index contributed by atoms with van der Waals surface area (Å²) in [6.45, 7) is 0. The van der Waals surface area contributed by atoms with Crippen LogP contribution < -0.4 is 4.90 Å². The third kappa shape index (κ3) is 7.34. The molecular weight excluding hydrogens is 711 g/mol. The average molecular weight is 760 g/mol. The fourth-order valence-electron chi connectivity index (χ4n) is 7.68. The zero-order chi connectivity index (χ0) is 46.3. The molecule has 0 unspecified atom stereocenters. The fourth-order valence-corrected chi connectivity index (χ4v) is 7.68. The van der Waals surface area contributed by atoms with Gasteiger partial charge in [-0.3, -0.25) is 0 Å². The van der Waals surface area contributed by atoms with Gasteiger partial charge in [0.2, 0.25) is 0 Å². The maximum atomic E-state index is 9.74. The van der Waals surface area contributed by atoms with E-state index in [4.69, 9.17) is 0 Å². The van der Waals surface area contributed by atoms with Crippen LogP contribution in [-0.2, 0) is 0 Å². The van der Waals surface area contributed by atoms with Crippen molar-refractivity contribution in [2.45, 2.75) is 0 Å². The second-order valence-electron chi connectivity index (χ2n) is 14.3. The van der Waals surface area contributed by atoms with Crippen molar-refractivity contribution < 1.29 is 11.0 Å². The number of fused-ring (bicyclic) bond motifs is 1. The van der Waals surface area contributed by atoms with Crippen molar-refractivity contribution >= 4 is 27.8 Å². The molecule has 10 rings (SSSR count). The first-order valence-electron chi connectivity index (χ1n) is 23.6. The number of benzene rings is 10. The Morgan fingerprint density at radius 2 is 0.678 bits per heavy atom. The fraction of sp³-hybridized carbons (Fsp3) is 0. The van der Waals surface area contributed by atoms with Crippen molar-refractivity contribution in [1.29, 1.82) is 0 Å². The van der Waals surface area contributed by atoms with Gasteiger partial charge in [0.15, 0.2) is 0 Å². The summed E-state index contributed by atoms with van der Waals surface area (Å²) in [4.78, 5) is 1.36. The molecule has 10 aromatic rings. The van der Waals surface area contributed by atoms with Crippen molar-refractivity contribution in [3.05, 3.63) is 249 Å². The highest BCUT2D eigenvalue weighted by Gasteiger charge is 2.17. The lowest BCUT2D eigenvalue weighted by Gasteiger charge is -2.26. The van der Waals surface area contributed by atoms with E-state index in [9.17, 15) is 11.0 Å². The third-order valence-electron chi connectivity index (χ3n) is 10.6. The van der Waals surface area contributed by atoms with Crippen molar-refractivity contribution in [3.63, 3.8) is 0 Å². The first kappa shape index (κ1) is 27.8. The van der Waals surface area contributed by atoms with Gasteiger partial charge in [-0.25, -0.2) is 0 Å². The van der Waals surface area contributed by atoms with E-state index in [1.165, 1.54) is 4.90 Å². The molecule has 0 saturated heterocycles. The minimum atomic E-state index is -0.406. The van der Waals surface area contributed by atoms with Crippen LogP contribution in [0.2, 0.25) is 0 Å². The highest BCUT2D eigenvalue weighted by atomic mass is 15.1. The lowest BCUT2D eigenvalue weighted by molar-refractivity contribution is 1.28. The summed E-state index contributed by atoms with van der Waals surface area (Å²) in [6.07, 6.45) is 0. The Kier molecular flexibility index (Phi) is 7.54. The van der Waals surface area contributed by atoms with Gasteiger partial charge in [-0.1, -0.05) is 194 Å². The number of nitrogens with zero attached hydrogens (tertiary/aromatic N) is 1. The SMILES string of the molecule is [2H]c1c([2H])c(N(c2ccc(-c3ccc4ccccc4c3-c3ccccc3)cc2)c2c([2H])c([2H])c(-c3cc(-c4ccccc4)cc(-c4ccccc4)c3)c([2H])c2[2H])c([2H])c([2H])c1-c1ccccc1. The standard InChI is InChI=1S/C58H41N/c1-5-15-42(16-6-1)45-25-32-53(33-26-45)59(55-36-29-48(30-37-55)57-38-31-47-21-13-14-24-56(47)58(57)49-22-11-4-12-23-49)54-34-27-46(28-35-54)52-40-50(43-17-7-2-8-18-43)39-51(41-52)44-19-9-3-10-20-44/h1-41H/i25D,26D,27D,28D,32D,33D,34D,35D. The molecule has 0 amide bonds. The zero-order valence-electron chi connectivity index (χ0n) is 40.0. The largest absolute Gasteiger partial charge is 0.311 e.